The molecule has 156 valence electrons. The number of rotatable bonds is 9. The molecule has 1 aliphatic rings. The monoisotopic (exact) mass is 400 g/mol. The van der Waals surface area contributed by atoms with Crippen molar-refractivity contribution in [3.8, 4) is 0 Å². The van der Waals surface area contributed by atoms with Gasteiger partial charge in [-0.25, -0.2) is 4.98 Å². The van der Waals surface area contributed by atoms with E-state index in [-0.39, 0.29) is 0 Å². The van der Waals surface area contributed by atoms with Gasteiger partial charge >= 0.3 is 0 Å². The van der Waals surface area contributed by atoms with Crippen LogP contribution in [0.2, 0.25) is 0 Å². The molecule has 2 heterocycles. The van der Waals surface area contributed by atoms with E-state index >= 15 is 0 Å². The number of likely N-dealkylation sites (tertiary alicyclic amines) is 1. The molecule has 0 unspecified atom stereocenters. The summed E-state index contributed by atoms with van der Waals surface area (Å²) in [6.45, 7) is 4.21. The molecule has 1 saturated heterocycles. The lowest BCUT2D eigenvalue weighted by Crippen LogP contribution is -2.38. The number of benzene rings is 2. The van der Waals surface area contributed by atoms with E-state index in [2.05, 4.69) is 81.9 Å². The van der Waals surface area contributed by atoms with Crippen LogP contribution < -0.4 is 11.1 Å². The third-order valence-corrected chi connectivity index (χ3v) is 5.96. The zero-order valence-corrected chi connectivity index (χ0v) is 17.6. The van der Waals surface area contributed by atoms with Gasteiger partial charge in [0.15, 0.2) is 0 Å². The smallest absolute Gasteiger partial charge is 0.123 e. The average Bonchev–Trinajstić information content (AvgIpc) is 3.13. The zero-order valence-electron chi connectivity index (χ0n) is 17.6. The van der Waals surface area contributed by atoms with Crippen molar-refractivity contribution in [3.05, 3.63) is 95.7 Å². The average molecular weight is 401 g/mol. The van der Waals surface area contributed by atoms with E-state index in [1.54, 1.807) is 0 Å². The molecule has 2 aromatic carbocycles. The number of hydrogen-bond donors (Lipinski definition) is 2. The van der Waals surface area contributed by atoms with Gasteiger partial charge in [-0.05, 0) is 55.0 Å². The molecule has 4 nitrogen and oxygen atoms in total. The second kappa shape index (κ2) is 10.4. The Morgan fingerprint density at radius 2 is 1.60 bits per heavy atom. The van der Waals surface area contributed by atoms with Crippen LogP contribution in [-0.4, -0.2) is 35.6 Å². The second-order valence-corrected chi connectivity index (χ2v) is 8.35. The summed E-state index contributed by atoms with van der Waals surface area (Å²) in [6.07, 6.45) is 3.24. The van der Waals surface area contributed by atoms with Crippen LogP contribution in [0.5, 0.6) is 0 Å². The number of pyridine rings is 1. The number of nitrogens with one attached hydrogen (secondary N) is 1. The van der Waals surface area contributed by atoms with Gasteiger partial charge in [-0.2, -0.15) is 0 Å². The van der Waals surface area contributed by atoms with Crippen molar-refractivity contribution in [3.63, 3.8) is 0 Å². The van der Waals surface area contributed by atoms with Crippen LogP contribution in [-0.2, 0) is 19.4 Å². The molecule has 3 aromatic rings. The van der Waals surface area contributed by atoms with Crippen LogP contribution in [0, 0.1) is 5.92 Å². The van der Waals surface area contributed by atoms with Gasteiger partial charge in [-0.3, -0.25) is 4.90 Å². The fourth-order valence-electron chi connectivity index (χ4n) is 4.47. The van der Waals surface area contributed by atoms with Crippen molar-refractivity contribution < 1.29 is 0 Å². The van der Waals surface area contributed by atoms with Crippen LogP contribution in [0.4, 0.5) is 5.82 Å². The Morgan fingerprint density at radius 1 is 0.867 bits per heavy atom. The molecule has 0 bridgehead atoms. The maximum absolute atomic E-state index is 5.91. The zero-order chi connectivity index (χ0) is 20.6. The molecule has 3 N–H and O–H groups in total. The Kier molecular flexibility index (Phi) is 7.11. The summed E-state index contributed by atoms with van der Waals surface area (Å²) in [6, 6.07) is 28.0. The number of nitrogen functional groups attached to an aromatic ring is 1. The van der Waals surface area contributed by atoms with E-state index in [0.29, 0.717) is 17.8 Å². The van der Waals surface area contributed by atoms with E-state index < -0.39 is 0 Å². The maximum Gasteiger partial charge on any atom is 0.123 e. The number of aryl methyl sites for hydroxylation is 1. The molecular weight excluding hydrogens is 368 g/mol. The van der Waals surface area contributed by atoms with Crippen molar-refractivity contribution in [2.45, 2.75) is 31.8 Å². The quantitative estimate of drug-likeness (QED) is 0.535. The maximum atomic E-state index is 5.91. The minimum Gasteiger partial charge on any atom is -0.384 e. The van der Waals surface area contributed by atoms with Gasteiger partial charge in [0.05, 0.1) is 0 Å². The Bertz CT molecular complexity index is 897. The summed E-state index contributed by atoms with van der Waals surface area (Å²) in [4.78, 5) is 7.12. The number of nitrogens with zero attached hydrogens (tertiary/aromatic N) is 2. The fraction of sp³-hybridized carbons (Fsp3) is 0.346. The van der Waals surface area contributed by atoms with Gasteiger partial charge in [0.25, 0.3) is 0 Å². The SMILES string of the molecule is Nc1cccc(C[C@H]2CN(Cc3ccccc3)C[C@@H]2NCCCc2ccccc2)n1. The predicted molar refractivity (Wildman–Crippen MR) is 124 cm³/mol. The van der Waals surface area contributed by atoms with Crippen molar-refractivity contribution >= 4 is 5.82 Å². The summed E-state index contributed by atoms with van der Waals surface area (Å²) in [5, 5.41) is 3.85. The van der Waals surface area contributed by atoms with Crippen molar-refractivity contribution in [1.82, 2.24) is 15.2 Å². The summed E-state index contributed by atoms with van der Waals surface area (Å²) in [7, 11) is 0. The fourth-order valence-corrected chi connectivity index (χ4v) is 4.47. The van der Waals surface area contributed by atoms with Crippen LogP contribution in [0.1, 0.15) is 23.2 Å². The molecule has 0 amide bonds. The van der Waals surface area contributed by atoms with Gasteiger partial charge in [0.1, 0.15) is 5.82 Å². The lowest BCUT2D eigenvalue weighted by Gasteiger charge is -2.20. The molecule has 1 fully saturated rings. The molecule has 0 spiro atoms. The first-order chi connectivity index (χ1) is 14.8. The van der Waals surface area contributed by atoms with Gasteiger partial charge in [0.2, 0.25) is 0 Å². The minimum atomic E-state index is 0.479. The highest BCUT2D eigenvalue weighted by atomic mass is 15.2. The Morgan fingerprint density at radius 3 is 2.33 bits per heavy atom. The summed E-state index contributed by atoms with van der Waals surface area (Å²) in [5.41, 5.74) is 9.80. The van der Waals surface area contributed by atoms with Crippen molar-refractivity contribution in [2.75, 3.05) is 25.4 Å². The molecule has 0 saturated carbocycles. The van der Waals surface area contributed by atoms with E-state index in [9.17, 15) is 0 Å². The first kappa shape index (κ1) is 20.6. The highest BCUT2D eigenvalue weighted by molar-refractivity contribution is 5.29. The molecule has 30 heavy (non-hydrogen) atoms. The van der Waals surface area contributed by atoms with Crippen molar-refractivity contribution in [1.29, 1.82) is 0 Å². The molecule has 1 aromatic heterocycles. The normalized spacial score (nSPS) is 19.2. The summed E-state index contributed by atoms with van der Waals surface area (Å²) < 4.78 is 0. The molecular formula is C26H32N4. The largest absolute Gasteiger partial charge is 0.384 e. The van der Waals surface area contributed by atoms with Crippen molar-refractivity contribution in [2.24, 2.45) is 5.92 Å². The van der Waals surface area contributed by atoms with Gasteiger partial charge < -0.3 is 11.1 Å². The Labute approximate surface area is 180 Å². The highest BCUT2D eigenvalue weighted by Gasteiger charge is 2.32. The van der Waals surface area contributed by atoms with Crippen LogP contribution >= 0.6 is 0 Å². The highest BCUT2D eigenvalue weighted by Crippen LogP contribution is 2.23. The number of anilines is 1. The van der Waals surface area contributed by atoms with Crippen LogP contribution in [0.3, 0.4) is 0 Å². The molecule has 1 aliphatic heterocycles. The van der Waals surface area contributed by atoms with Gasteiger partial charge in [-0.1, -0.05) is 66.7 Å². The number of aromatic nitrogens is 1. The van der Waals surface area contributed by atoms with E-state index in [1.807, 2.05) is 12.1 Å². The second-order valence-electron chi connectivity index (χ2n) is 8.35. The first-order valence-electron chi connectivity index (χ1n) is 11.0. The van der Waals surface area contributed by atoms with Gasteiger partial charge in [-0.15, -0.1) is 0 Å². The van der Waals surface area contributed by atoms with E-state index in [4.69, 9.17) is 5.73 Å². The Balaban J connectivity index is 1.35. The van der Waals surface area contributed by atoms with E-state index in [0.717, 1.165) is 51.1 Å². The lowest BCUT2D eigenvalue weighted by atomic mass is 9.97. The Hall–Kier alpha value is -2.69. The lowest BCUT2D eigenvalue weighted by molar-refractivity contribution is 0.314. The molecule has 2 atom stereocenters. The number of nitrogens with two attached hydrogens (primary N) is 1. The first-order valence-corrected chi connectivity index (χ1v) is 11.0. The standard InChI is InChI=1S/C26H32N4/c27-26-15-7-14-24(29-26)17-23-19-30(18-22-11-5-2-6-12-22)20-25(23)28-16-8-13-21-9-3-1-4-10-21/h1-7,9-12,14-15,23,25,28H,8,13,16-20H2,(H2,27,29)/t23-,25-/m0/s1. The summed E-state index contributed by atoms with van der Waals surface area (Å²) >= 11 is 0. The van der Waals surface area contributed by atoms with Crippen LogP contribution in [0.15, 0.2) is 78.9 Å². The third-order valence-electron chi connectivity index (χ3n) is 5.96. The third kappa shape index (κ3) is 5.91. The topological polar surface area (TPSA) is 54.2 Å². The minimum absolute atomic E-state index is 0.479. The molecule has 4 heteroatoms. The summed E-state index contributed by atoms with van der Waals surface area (Å²) in [5.74, 6) is 1.15. The van der Waals surface area contributed by atoms with Gasteiger partial charge in [0, 0.05) is 31.4 Å². The molecule has 4 rings (SSSR count). The molecule has 0 radical (unpaired) electrons. The van der Waals surface area contributed by atoms with E-state index in [1.165, 1.54) is 11.1 Å². The number of hydrogen-bond acceptors (Lipinski definition) is 4. The van der Waals surface area contributed by atoms with Crippen LogP contribution in [0.25, 0.3) is 0 Å². The predicted octanol–water partition coefficient (Wildman–Crippen LogP) is 3.93. The molecule has 0 aliphatic carbocycles.